The van der Waals surface area contributed by atoms with Crippen molar-refractivity contribution in [2.45, 2.75) is 72.8 Å². The summed E-state index contributed by atoms with van der Waals surface area (Å²) in [5, 5.41) is 21.6. The number of nitrogens with one attached hydrogen (secondary N) is 2. The van der Waals surface area contributed by atoms with Gasteiger partial charge in [0.1, 0.15) is 17.4 Å². The molecule has 1 aliphatic rings. The number of hydrogen-bond acceptors (Lipinski definition) is 4. The van der Waals surface area contributed by atoms with Gasteiger partial charge in [0.25, 0.3) is 0 Å². The van der Waals surface area contributed by atoms with E-state index in [0.717, 1.165) is 32.4 Å². The molecule has 1 atom stereocenters. The molecule has 1 rings (SSSR count). The Labute approximate surface area is 223 Å². The number of amidine groups is 1. The predicted octanol–water partition coefficient (Wildman–Crippen LogP) is 7.19. The van der Waals surface area contributed by atoms with Crippen LogP contribution in [0.2, 0.25) is 0 Å². The lowest BCUT2D eigenvalue weighted by Gasteiger charge is -2.28. The zero-order chi connectivity index (χ0) is 27.6. The number of rotatable bonds is 16. The summed E-state index contributed by atoms with van der Waals surface area (Å²) in [5.41, 5.74) is 2.67. The van der Waals surface area contributed by atoms with E-state index in [1.807, 2.05) is 19.2 Å². The van der Waals surface area contributed by atoms with Crippen molar-refractivity contribution in [1.29, 1.82) is 5.41 Å². The van der Waals surface area contributed by atoms with Crippen LogP contribution in [0.1, 0.15) is 66.7 Å². The van der Waals surface area contributed by atoms with Crippen molar-refractivity contribution in [3.8, 4) is 0 Å². The van der Waals surface area contributed by atoms with Crippen molar-refractivity contribution in [2.75, 3.05) is 13.1 Å². The second kappa shape index (κ2) is 18.0. The van der Waals surface area contributed by atoms with E-state index in [0.29, 0.717) is 35.8 Å². The molecule has 0 spiro atoms. The van der Waals surface area contributed by atoms with Gasteiger partial charge in [-0.25, -0.2) is 4.79 Å². The SMILES string of the molecule is C=C/C(=C\C/C=C(\C)CC(NCC)C(=N)N(/C=C/C(C)=C/C)CCCC)OC1=CC=C(C(=O)O)CC=C1. The highest BCUT2D eigenvalue weighted by atomic mass is 16.5. The van der Waals surface area contributed by atoms with E-state index in [1.165, 1.54) is 11.1 Å². The van der Waals surface area contributed by atoms with Gasteiger partial charge in [0.15, 0.2) is 0 Å². The van der Waals surface area contributed by atoms with E-state index in [1.54, 1.807) is 30.4 Å². The Hall–Kier alpha value is -3.38. The standard InChI is InChI=1S/C31H45N3O3/c1-7-11-21-34(22-20-24(5)8-2)30(32)29(33-10-4)23-25(6)14-12-16-27(9-3)37-28-17-13-15-26(18-19-28)31(35)36/h8-9,13-14,16-20,22,29,32-33H,3,7,10-12,15,21,23H2,1-2,4-6H3,(H,35,36)/b22-20+,24-8+,25-14+,27-16+,32-30?. The first-order valence-corrected chi connectivity index (χ1v) is 13.1. The summed E-state index contributed by atoms with van der Waals surface area (Å²) in [4.78, 5) is 13.2. The minimum absolute atomic E-state index is 0.0794. The van der Waals surface area contributed by atoms with Crippen LogP contribution in [0.15, 0.2) is 95.7 Å². The molecule has 0 aliphatic heterocycles. The molecule has 1 aliphatic carbocycles. The first kappa shape index (κ1) is 31.6. The average Bonchev–Trinajstić information content (AvgIpc) is 3.13. The molecule has 0 radical (unpaired) electrons. The molecule has 0 bridgehead atoms. The van der Waals surface area contributed by atoms with Gasteiger partial charge >= 0.3 is 5.97 Å². The van der Waals surface area contributed by atoms with E-state index < -0.39 is 5.97 Å². The second-order valence-corrected chi connectivity index (χ2v) is 8.97. The number of nitrogens with zero attached hydrogens (tertiary/aromatic N) is 1. The average molecular weight is 508 g/mol. The Kier molecular flexibility index (Phi) is 15.4. The number of unbranched alkanes of at least 4 members (excludes halogenated alkanes) is 1. The van der Waals surface area contributed by atoms with Crippen molar-refractivity contribution in [3.63, 3.8) is 0 Å². The number of carbonyl (C=O) groups is 1. The van der Waals surface area contributed by atoms with Crippen molar-refractivity contribution in [3.05, 3.63) is 95.7 Å². The Bertz CT molecular complexity index is 993. The highest BCUT2D eigenvalue weighted by Gasteiger charge is 2.18. The first-order chi connectivity index (χ1) is 17.7. The number of carboxylic acids is 1. The van der Waals surface area contributed by atoms with E-state index in [4.69, 9.17) is 10.1 Å². The smallest absolute Gasteiger partial charge is 0.331 e. The topological polar surface area (TPSA) is 85.7 Å². The normalized spacial score (nSPS) is 15.6. The summed E-state index contributed by atoms with van der Waals surface area (Å²) in [7, 11) is 0. The molecule has 202 valence electrons. The molecule has 6 heteroatoms. The van der Waals surface area contributed by atoms with Gasteiger partial charge in [-0.15, -0.1) is 0 Å². The molecule has 0 heterocycles. The van der Waals surface area contributed by atoms with Crippen molar-refractivity contribution in [1.82, 2.24) is 10.2 Å². The summed E-state index contributed by atoms with van der Waals surface area (Å²) in [6.45, 7) is 15.8. The maximum Gasteiger partial charge on any atom is 0.331 e. The van der Waals surface area contributed by atoms with Gasteiger partial charge in [-0.3, -0.25) is 5.41 Å². The number of likely N-dealkylation sites (N-methyl/N-ethyl adjacent to an activating group) is 1. The van der Waals surface area contributed by atoms with Crippen molar-refractivity contribution >= 4 is 11.8 Å². The molecular weight excluding hydrogens is 462 g/mol. The van der Waals surface area contributed by atoms with Gasteiger partial charge in [-0.1, -0.05) is 56.2 Å². The van der Waals surface area contributed by atoms with Gasteiger partial charge < -0.3 is 20.1 Å². The van der Waals surface area contributed by atoms with Gasteiger partial charge in [0.05, 0.1) is 6.04 Å². The number of carboxylic acid groups (broad SMARTS) is 1. The van der Waals surface area contributed by atoms with Crippen LogP contribution in [0.4, 0.5) is 0 Å². The molecule has 0 aromatic rings. The molecular formula is C31H45N3O3. The summed E-state index contributed by atoms with van der Waals surface area (Å²) in [5.74, 6) is 0.828. The first-order valence-electron chi connectivity index (χ1n) is 13.1. The third-order valence-electron chi connectivity index (χ3n) is 5.91. The lowest BCUT2D eigenvalue weighted by Crippen LogP contribution is -2.44. The van der Waals surface area contributed by atoms with E-state index in [9.17, 15) is 9.90 Å². The van der Waals surface area contributed by atoms with Crippen LogP contribution in [-0.4, -0.2) is 40.9 Å². The maximum atomic E-state index is 11.2. The molecule has 0 saturated carbocycles. The summed E-state index contributed by atoms with van der Waals surface area (Å²) >= 11 is 0. The molecule has 0 saturated heterocycles. The molecule has 0 aromatic carbocycles. The van der Waals surface area contributed by atoms with Crippen LogP contribution in [0.5, 0.6) is 0 Å². The lowest BCUT2D eigenvalue weighted by atomic mass is 10.0. The zero-order valence-electron chi connectivity index (χ0n) is 23.2. The third-order valence-corrected chi connectivity index (χ3v) is 5.91. The predicted molar refractivity (Wildman–Crippen MR) is 155 cm³/mol. The van der Waals surface area contributed by atoms with Crippen LogP contribution in [0, 0.1) is 5.41 Å². The third kappa shape index (κ3) is 12.4. The van der Waals surface area contributed by atoms with Gasteiger partial charge in [0, 0.05) is 18.3 Å². The van der Waals surface area contributed by atoms with Gasteiger partial charge in [-0.05, 0) is 89.5 Å². The van der Waals surface area contributed by atoms with Gasteiger partial charge in [-0.2, -0.15) is 0 Å². The fraction of sp³-hybridized carbons (Fsp3) is 0.419. The van der Waals surface area contributed by atoms with Crippen LogP contribution in [0.3, 0.4) is 0 Å². The van der Waals surface area contributed by atoms with E-state index in [-0.39, 0.29) is 6.04 Å². The molecule has 0 aromatic heterocycles. The number of ether oxygens (including phenoxy) is 1. The van der Waals surface area contributed by atoms with Crippen LogP contribution in [0.25, 0.3) is 0 Å². The van der Waals surface area contributed by atoms with E-state index >= 15 is 0 Å². The fourth-order valence-corrected chi connectivity index (χ4v) is 3.54. The summed E-state index contributed by atoms with van der Waals surface area (Å²) < 4.78 is 5.90. The highest BCUT2D eigenvalue weighted by Crippen LogP contribution is 2.17. The van der Waals surface area contributed by atoms with Gasteiger partial charge in [0.2, 0.25) is 0 Å². The largest absolute Gasteiger partial charge is 0.478 e. The summed E-state index contributed by atoms with van der Waals surface area (Å²) in [6.07, 6.45) is 22.5. The second-order valence-electron chi connectivity index (χ2n) is 8.97. The molecule has 6 nitrogen and oxygen atoms in total. The van der Waals surface area contributed by atoms with Crippen molar-refractivity contribution in [2.24, 2.45) is 0 Å². The lowest BCUT2D eigenvalue weighted by molar-refractivity contribution is -0.132. The molecule has 37 heavy (non-hydrogen) atoms. The van der Waals surface area contributed by atoms with Crippen LogP contribution < -0.4 is 5.32 Å². The van der Waals surface area contributed by atoms with Crippen molar-refractivity contribution < 1.29 is 14.6 Å². The molecule has 3 N–H and O–H groups in total. The number of hydrogen-bond donors (Lipinski definition) is 3. The monoisotopic (exact) mass is 507 g/mol. The minimum atomic E-state index is -0.927. The number of allylic oxidation sites excluding steroid dienone is 10. The number of aliphatic carboxylic acids is 1. The maximum absolute atomic E-state index is 11.2. The Morgan fingerprint density at radius 3 is 2.68 bits per heavy atom. The minimum Gasteiger partial charge on any atom is -0.478 e. The Morgan fingerprint density at radius 2 is 2.05 bits per heavy atom. The Morgan fingerprint density at radius 1 is 1.30 bits per heavy atom. The highest BCUT2D eigenvalue weighted by molar-refractivity contribution is 5.87. The molecule has 1 unspecified atom stereocenters. The molecule has 0 fully saturated rings. The fourth-order valence-electron chi connectivity index (χ4n) is 3.54. The zero-order valence-corrected chi connectivity index (χ0v) is 23.2. The van der Waals surface area contributed by atoms with Crippen LogP contribution in [-0.2, 0) is 9.53 Å². The Balaban J connectivity index is 2.90. The van der Waals surface area contributed by atoms with E-state index in [2.05, 4.69) is 62.7 Å². The van der Waals surface area contributed by atoms with Crippen LogP contribution >= 0.6 is 0 Å². The summed E-state index contributed by atoms with van der Waals surface area (Å²) in [6, 6.07) is -0.0794. The quantitative estimate of drug-likeness (QED) is 0.0677. The molecule has 0 amide bonds.